The number of aliphatic hydroxyl groups excluding tert-OH is 2. The molecule has 0 aliphatic carbocycles. The molecular formula is C16H30O8S7. The monoisotopic (exact) mass is 574 g/mol. The summed E-state index contributed by atoms with van der Waals surface area (Å²) in [7, 11) is 0. The third kappa shape index (κ3) is 25.8. The molecule has 1 atom stereocenters. The summed E-state index contributed by atoms with van der Waals surface area (Å²) in [6, 6.07) is 0. The molecule has 0 bridgehead atoms. The number of rotatable bonds is 23. The number of ether oxygens (including phenoxy) is 1. The predicted octanol–water partition coefficient (Wildman–Crippen LogP) is 1.97. The van der Waals surface area contributed by atoms with E-state index >= 15 is 0 Å². The first kappa shape index (κ1) is 32.4. The van der Waals surface area contributed by atoms with Crippen LogP contribution in [0.1, 0.15) is 0 Å². The molecule has 0 fully saturated rings. The molecular weight excluding hydrogens is 545 g/mol. The molecule has 31 heavy (non-hydrogen) atoms. The first-order chi connectivity index (χ1) is 15.1. The van der Waals surface area contributed by atoms with E-state index in [-0.39, 0.29) is 35.3 Å². The molecule has 0 aromatic rings. The Balaban J connectivity index is 3.39. The summed E-state index contributed by atoms with van der Waals surface area (Å²) in [6.45, 7) is 1.11. The predicted molar refractivity (Wildman–Crippen MR) is 140 cm³/mol. The standard InChI is InChI=1S/C16H30O8S7/c17-11-27-4-1-22-15(19)9-26-7-8-31(21)14-29-13-30-16(20)10-25-5-2-23-24-3-6-28-12-18/h17-18H,1-14H2. The molecule has 0 aliphatic rings. The van der Waals surface area contributed by atoms with Gasteiger partial charge in [-0.15, -0.1) is 35.3 Å². The Hall–Kier alpha value is 1.39. The largest absolute Gasteiger partial charge is 0.616 e. The second-order valence-electron chi connectivity index (χ2n) is 5.14. The van der Waals surface area contributed by atoms with Crippen molar-refractivity contribution in [3.63, 3.8) is 0 Å². The highest BCUT2D eigenvalue weighted by Gasteiger charge is 2.10. The van der Waals surface area contributed by atoms with Gasteiger partial charge in [-0.3, -0.25) is 9.59 Å². The van der Waals surface area contributed by atoms with E-state index in [1.165, 1.54) is 70.6 Å². The number of esters is 1. The average molecular weight is 575 g/mol. The Morgan fingerprint density at radius 2 is 1.42 bits per heavy atom. The van der Waals surface area contributed by atoms with Crippen LogP contribution in [0.5, 0.6) is 0 Å². The Labute approximate surface area is 212 Å². The van der Waals surface area contributed by atoms with Gasteiger partial charge in [0.1, 0.15) is 12.4 Å². The van der Waals surface area contributed by atoms with E-state index in [1.54, 1.807) is 0 Å². The van der Waals surface area contributed by atoms with Crippen LogP contribution in [-0.2, 0) is 35.3 Å². The minimum atomic E-state index is -0.987. The molecule has 184 valence electrons. The first-order valence-corrected chi connectivity index (χ1v) is 17.4. The summed E-state index contributed by atoms with van der Waals surface area (Å²) in [5, 5.41) is 18.3. The van der Waals surface area contributed by atoms with E-state index in [0.29, 0.717) is 57.9 Å². The second-order valence-corrected chi connectivity index (χ2v) is 13.8. The molecule has 0 spiro atoms. The van der Waals surface area contributed by atoms with Crippen LogP contribution in [0.3, 0.4) is 0 Å². The van der Waals surface area contributed by atoms with Crippen LogP contribution in [-0.4, -0.2) is 108 Å². The van der Waals surface area contributed by atoms with Crippen LogP contribution in [0.2, 0.25) is 0 Å². The minimum absolute atomic E-state index is 0.0141. The Bertz CT molecular complexity index is 437. The van der Waals surface area contributed by atoms with E-state index in [0.717, 1.165) is 0 Å². The Morgan fingerprint density at radius 1 is 0.806 bits per heavy atom. The van der Waals surface area contributed by atoms with Gasteiger partial charge in [0.15, 0.2) is 10.2 Å². The summed E-state index contributed by atoms with van der Waals surface area (Å²) in [6.07, 6.45) is 0. The number of aliphatic hydroxyl groups is 2. The molecule has 2 N–H and O–H groups in total. The molecule has 0 heterocycles. The van der Waals surface area contributed by atoms with Gasteiger partial charge >= 0.3 is 5.97 Å². The molecule has 0 rings (SSSR count). The summed E-state index contributed by atoms with van der Waals surface area (Å²) in [4.78, 5) is 33.1. The quantitative estimate of drug-likeness (QED) is 0.0461. The third-order valence-corrected chi connectivity index (χ3v) is 10.3. The van der Waals surface area contributed by atoms with Crippen molar-refractivity contribution in [2.45, 2.75) is 0 Å². The van der Waals surface area contributed by atoms with Gasteiger partial charge < -0.3 is 19.5 Å². The molecule has 15 heteroatoms. The molecule has 0 aromatic heterocycles. The van der Waals surface area contributed by atoms with Gasteiger partial charge in [0.25, 0.3) is 0 Å². The van der Waals surface area contributed by atoms with Crippen molar-refractivity contribution in [2.75, 3.05) is 82.1 Å². The Morgan fingerprint density at radius 3 is 2.10 bits per heavy atom. The molecule has 0 aliphatic heterocycles. The molecule has 1 unspecified atom stereocenters. The van der Waals surface area contributed by atoms with Gasteiger partial charge in [-0.1, -0.05) is 23.5 Å². The van der Waals surface area contributed by atoms with E-state index in [2.05, 4.69) is 0 Å². The molecule has 8 nitrogen and oxygen atoms in total. The topological polar surface area (TPSA) is 125 Å². The molecule has 0 saturated heterocycles. The van der Waals surface area contributed by atoms with Crippen LogP contribution in [0.4, 0.5) is 0 Å². The van der Waals surface area contributed by atoms with Crippen molar-refractivity contribution in [2.24, 2.45) is 0 Å². The van der Waals surface area contributed by atoms with Crippen molar-refractivity contribution in [1.82, 2.24) is 0 Å². The summed E-state index contributed by atoms with van der Waals surface area (Å²) >= 11 is 7.22. The van der Waals surface area contributed by atoms with E-state index in [1.807, 2.05) is 0 Å². The normalized spacial score (nSPS) is 12.1. The van der Waals surface area contributed by atoms with Crippen LogP contribution >= 0.6 is 70.6 Å². The molecule has 0 saturated carbocycles. The first-order valence-electron chi connectivity index (χ1n) is 9.11. The number of hydrogen-bond acceptors (Lipinski definition) is 14. The van der Waals surface area contributed by atoms with Crippen LogP contribution < -0.4 is 0 Å². The van der Waals surface area contributed by atoms with E-state index in [4.69, 9.17) is 24.7 Å². The van der Waals surface area contributed by atoms with Crippen molar-refractivity contribution >= 4 is 92.8 Å². The van der Waals surface area contributed by atoms with Gasteiger partial charge in [0.2, 0.25) is 0 Å². The van der Waals surface area contributed by atoms with Crippen molar-refractivity contribution < 1.29 is 38.9 Å². The van der Waals surface area contributed by atoms with Gasteiger partial charge in [0.05, 0.1) is 41.7 Å². The summed E-state index contributed by atoms with van der Waals surface area (Å²) < 4.78 is 16.9. The number of thioether (sulfide) groups is 6. The molecule has 0 radical (unpaired) electrons. The van der Waals surface area contributed by atoms with Crippen LogP contribution in [0.15, 0.2) is 0 Å². The lowest BCUT2D eigenvalue weighted by atomic mass is 10.8. The fourth-order valence-electron chi connectivity index (χ4n) is 1.49. The summed E-state index contributed by atoms with van der Waals surface area (Å²) in [5.41, 5.74) is 0. The maximum Gasteiger partial charge on any atom is 0.315 e. The zero-order valence-electron chi connectivity index (χ0n) is 17.1. The van der Waals surface area contributed by atoms with Gasteiger partial charge in [-0.2, -0.15) is 11.8 Å². The maximum atomic E-state index is 11.9. The highest BCUT2D eigenvalue weighted by Crippen LogP contribution is 2.18. The fraction of sp³-hybridized carbons (Fsp3) is 0.875. The van der Waals surface area contributed by atoms with Crippen molar-refractivity contribution in [1.29, 1.82) is 0 Å². The smallest absolute Gasteiger partial charge is 0.315 e. The molecule has 0 amide bonds. The maximum absolute atomic E-state index is 11.9. The summed E-state index contributed by atoms with van der Waals surface area (Å²) in [5.74, 6) is 3.42. The lowest BCUT2D eigenvalue weighted by Gasteiger charge is -2.10. The number of hydrogen-bond donors (Lipinski definition) is 2. The SMILES string of the molecule is O=C(CSCC[S+]([O-])CSCSC(=O)CSCCOOCCSCO)OCCSCO. The highest BCUT2D eigenvalue weighted by molar-refractivity contribution is 8.27. The zero-order chi connectivity index (χ0) is 23.0. The third-order valence-electron chi connectivity index (χ3n) is 2.79. The lowest BCUT2D eigenvalue weighted by molar-refractivity contribution is -0.285. The fourth-order valence-corrected chi connectivity index (χ4v) is 7.78. The number of carbonyl (C=O) groups excluding carboxylic acids is 2. The zero-order valence-corrected chi connectivity index (χ0v) is 22.8. The van der Waals surface area contributed by atoms with E-state index < -0.39 is 11.2 Å². The van der Waals surface area contributed by atoms with Crippen LogP contribution in [0.25, 0.3) is 0 Å². The van der Waals surface area contributed by atoms with Crippen LogP contribution in [0, 0.1) is 0 Å². The van der Waals surface area contributed by atoms with Crippen molar-refractivity contribution in [3.8, 4) is 0 Å². The van der Waals surface area contributed by atoms with Crippen molar-refractivity contribution in [3.05, 3.63) is 0 Å². The molecule has 0 aromatic carbocycles. The highest BCUT2D eigenvalue weighted by atomic mass is 32.3. The Kier molecular flexibility index (Phi) is 27.2. The lowest BCUT2D eigenvalue weighted by Crippen LogP contribution is -2.14. The number of carbonyl (C=O) groups is 2. The second kappa shape index (κ2) is 26.0. The average Bonchev–Trinajstić information content (AvgIpc) is 2.76. The van der Waals surface area contributed by atoms with E-state index in [9.17, 15) is 14.1 Å². The van der Waals surface area contributed by atoms with Gasteiger partial charge in [0, 0.05) is 23.0 Å². The van der Waals surface area contributed by atoms with Gasteiger partial charge in [-0.05, 0) is 11.2 Å². The minimum Gasteiger partial charge on any atom is -0.616 e. The van der Waals surface area contributed by atoms with Gasteiger partial charge in [-0.25, -0.2) is 9.78 Å².